The molecule has 0 aliphatic carbocycles. The van der Waals surface area contributed by atoms with Crippen LogP contribution in [0.2, 0.25) is 0 Å². The van der Waals surface area contributed by atoms with Gasteiger partial charge in [0.2, 0.25) is 0 Å². The highest BCUT2D eigenvalue weighted by Crippen LogP contribution is 2.26. The van der Waals surface area contributed by atoms with Crippen molar-refractivity contribution in [3.63, 3.8) is 0 Å². The minimum Gasteiger partial charge on any atom is -0.367 e. The Morgan fingerprint density at radius 1 is 1.18 bits per heavy atom. The Morgan fingerprint density at radius 3 is 2.27 bits per heavy atom. The number of ketones is 1. The van der Waals surface area contributed by atoms with E-state index in [-0.39, 0.29) is 23.9 Å². The molecule has 64 valence electrons. The summed E-state index contributed by atoms with van der Waals surface area (Å²) in [6.45, 7) is 7.92. The number of Topliss-reactive ketones (excluding diaryl/α,β-unsaturated/α-hetero) is 1. The van der Waals surface area contributed by atoms with E-state index in [1.807, 2.05) is 20.8 Å². The molecule has 0 N–H and O–H groups in total. The molecule has 1 rings (SSSR count). The van der Waals surface area contributed by atoms with Gasteiger partial charge < -0.3 is 4.74 Å². The van der Waals surface area contributed by atoms with Crippen molar-refractivity contribution in [2.75, 3.05) is 0 Å². The largest absolute Gasteiger partial charge is 0.367 e. The highest BCUT2D eigenvalue weighted by Gasteiger charge is 2.35. The van der Waals surface area contributed by atoms with Gasteiger partial charge >= 0.3 is 0 Å². The van der Waals surface area contributed by atoms with Gasteiger partial charge in [0.05, 0.1) is 6.10 Å². The van der Waals surface area contributed by atoms with Crippen LogP contribution in [-0.4, -0.2) is 18.0 Å². The maximum Gasteiger partial charge on any atom is 0.164 e. The first-order valence-corrected chi connectivity index (χ1v) is 4.23. The average Bonchev–Trinajstić information content (AvgIpc) is 1.97. The van der Waals surface area contributed by atoms with E-state index in [1.165, 1.54) is 0 Å². The number of hydrogen-bond acceptors (Lipinski definition) is 2. The van der Waals surface area contributed by atoms with Crippen molar-refractivity contribution in [3.8, 4) is 0 Å². The lowest BCUT2D eigenvalue weighted by atomic mass is 9.83. The number of ether oxygens (including phenoxy) is 1. The third-order valence-electron chi connectivity index (χ3n) is 2.80. The summed E-state index contributed by atoms with van der Waals surface area (Å²) >= 11 is 0. The molecule has 1 aliphatic heterocycles. The Labute approximate surface area is 67.9 Å². The van der Waals surface area contributed by atoms with Gasteiger partial charge in [0.1, 0.15) is 6.10 Å². The highest BCUT2D eigenvalue weighted by molar-refractivity contribution is 5.85. The number of carbonyl (C=O) groups is 1. The minimum atomic E-state index is -0.198. The standard InChI is InChI=1S/C9H16O2/c1-5-6(2)9(10)8(4)11-7(5)3/h5-8H,1-4H3/t5-,6-,7+,8+/m1/s1. The minimum absolute atomic E-state index is 0.161. The van der Waals surface area contributed by atoms with Gasteiger partial charge in [0.25, 0.3) is 0 Å². The van der Waals surface area contributed by atoms with Crippen LogP contribution in [0.3, 0.4) is 0 Å². The smallest absolute Gasteiger partial charge is 0.164 e. The Kier molecular flexibility index (Phi) is 2.33. The highest BCUT2D eigenvalue weighted by atomic mass is 16.5. The van der Waals surface area contributed by atoms with Gasteiger partial charge in [-0.2, -0.15) is 0 Å². The first-order chi connectivity index (χ1) is 5.04. The summed E-state index contributed by atoms with van der Waals surface area (Å²) in [6.07, 6.45) is 0.0221. The summed E-state index contributed by atoms with van der Waals surface area (Å²) in [5.74, 6) is 0.767. The molecule has 0 aromatic heterocycles. The maximum atomic E-state index is 11.4. The number of hydrogen-bond donors (Lipinski definition) is 0. The summed E-state index contributed by atoms with van der Waals surface area (Å²) < 4.78 is 5.43. The summed E-state index contributed by atoms with van der Waals surface area (Å²) in [5, 5.41) is 0. The summed E-state index contributed by atoms with van der Waals surface area (Å²) in [6, 6.07) is 0. The van der Waals surface area contributed by atoms with Crippen molar-refractivity contribution in [1.29, 1.82) is 0 Å². The van der Waals surface area contributed by atoms with Crippen molar-refractivity contribution < 1.29 is 9.53 Å². The van der Waals surface area contributed by atoms with E-state index in [4.69, 9.17) is 4.74 Å². The third kappa shape index (κ3) is 1.45. The van der Waals surface area contributed by atoms with Gasteiger partial charge in [-0.3, -0.25) is 4.79 Å². The fourth-order valence-electron chi connectivity index (χ4n) is 1.55. The van der Waals surface area contributed by atoms with Crippen molar-refractivity contribution in [2.24, 2.45) is 11.8 Å². The molecule has 2 heteroatoms. The molecule has 1 heterocycles. The van der Waals surface area contributed by atoms with Crippen LogP contribution in [0.4, 0.5) is 0 Å². The monoisotopic (exact) mass is 156 g/mol. The molecule has 4 atom stereocenters. The molecule has 1 saturated heterocycles. The van der Waals surface area contributed by atoms with Gasteiger partial charge in [-0.25, -0.2) is 0 Å². The second kappa shape index (κ2) is 2.94. The molecule has 1 fully saturated rings. The zero-order chi connectivity index (χ0) is 8.59. The molecule has 11 heavy (non-hydrogen) atoms. The van der Waals surface area contributed by atoms with E-state index in [0.717, 1.165) is 0 Å². The summed E-state index contributed by atoms with van der Waals surface area (Å²) in [7, 11) is 0. The Balaban J connectivity index is 2.70. The molecule has 0 aromatic carbocycles. The molecule has 0 bridgehead atoms. The van der Waals surface area contributed by atoms with Crippen LogP contribution in [-0.2, 0) is 9.53 Å². The second-order valence-corrected chi connectivity index (χ2v) is 3.53. The molecule has 0 amide bonds. The SMILES string of the molecule is C[C@H]1[C@H](C)O[C@@H](C)C(=O)[C@@H]1C. The van der Waals surface area contributed by atoms with Gasteiger partial charge in [-0.15, -0.1) is 0 Å². The van der Waals surface area contributed by atoms with Crippen LogP contribution in [0.1, 0.15) is 27.7 Å². The van der Waals surface area contributed by atoms with E-state index in [2.05, 4.69) is 6.92 Å². The van der Waals surface area contributed by atoms with E-state index in [0.29, 0.717) is 5.92 Å². The molecule has 1 aliphatic rings. The van der Waals surface area contributed by atoms with E-state index in [9.17, 15) is 4.79 Å². The van der Waals surface area contributed by atoms with Crippen LogP contribution in [0.5, 0.6) is 0 Å². The summed E-state index contributed by atoms with van der Waals surface area (Å²) in [4.78, 5) is 11.4. The fourth-order valence-corrected chi connectivity index (χ4v) is 1.55. The Morgan fingerprint density at radius 2 is 1.73 bits per heavy atom. The molecular weight excluding hydrogens is 140 g/mol. The lowest BCUT2D eigenvalue weighted by Crippen LogP contribution is -2.43. The first kappa shape index (κ1) is 8.72. The summed E-state index contributed by atoms with van der Waals surface area (Å²) in [5.41, 5.74) is 0. The van der Waals surface area contributed by atoms with Crippen molar-refractivity contribution in [3.05, 3.63) is 0 Å². The fraction of sp³-hybridized carbons (Fsp3) is 0.889. The van der Waals surface area contributed by atoms with Crippen LogP contribution in [0, 0.1) is 11.8 Å². The van der Waals surface area contributed by atoms with Crippen LogP contribution in [0.25, 0.3) is 0 Å². The van der Waals surface area contributed by atoms with Crippen molar-refractivity contribution in [2.45, 2.75) is 39.9 Å². The van der Waals surface area contributed by atoms with Gasteiger partial charge in [-0.05, 0) is 19.8 Å². The maximum absolute atomic E-state index is 11.4. The predicted octanol–water partition coefficient (Wildman–Crippen LogP) is 1.63. The van der Waals surface area contributed by atoms with E-state index >= 15 is 0 Å². The Hall–Kier alpha value is -0.370. The van der Waals surface area contributed by atoms with Gasteiger partial charge in [0, 0.05) is 5.92 Å². The molecule has 0 unspecified atom stereocenters. The lowest BCUT2D eigenvalue weighted by Gasteiger charge is -2.34. The molecule has 0 aromatic rings. The van der Waals surface area contributed by atoms with Crippen LogP contribution < -0.4 is 0 Å². The van der Waals surface area contributed by atoms with Gasteiger partial charge in [-0.1, -0.05) is 13.8 Å². The van der Waals surface area contributed by atoms with Crippen LogP contribution in [0.15, 0.2) is 0 Å². The topological polar surface area (TPSA) is 26.3 Å². The molecule has 0 radical (unpaired) electrons. The quantitative estimate of drug-likeness (QED) is 0.533. The predicted molar refractivity (Wildman–Crippen MR) is 43.3 cm³/mol. The van der Waals surface area contributed by atoms with Crippen LogP contribution >= 0.6 is 0 Å². The zero-order valence-corrected chi connectivity index (χ0v) is 7.63. The number of rotatable bonds is 0. The Bertz CT molecular complexity index is 165. The zero-order valence-electron chi connectivity index (χ0n) is 7.63. The second-order valence-electron chi connectivity index (χ2n) is 3.53. The molecular formula is C9H16O2. The van der Waals surface area contributed by atoms with Crippen molar-refractivity contribution in [1.82, 2.24) is 0 Å². The molecule has 0 spiro atoms. The molecule has 0 saturated carbocycles. The third-order valence-corrected chi connectivity index (χ3v) is 2.80. The lowest BCUT2D eigenvalue weighted by molar-refractivity contribution is -0.152. The van der Waals surface area contributed by atoms with E-state index in [1.54, 1.807) is 0 Å². The van der Waals surface area contributed by atoms with Gasteiger partial charge in [0.15, 0.2) is 5.78 Å². The normalized spacial score (nSPS) is 46.0. The van der Waals surface area contributed by atoms with Crippen molar-refractivity contribution >= 4 is 5.78 Å². The molecule has 2 nitrogen and oxygen atoms in total. The number of carbonyl (C=O) groups excluding carboxylic acids is 1. The average molecular weight is 156 g/mol. The first-order valence-electron chi connectivity index (χ1n) is 4.23. The van der Waals surface area contributed by atoms with E-state index < -0.39 is 0 Å².